The highest BCUT2D eigenvalue weighted by Crippen LogP contribution is 2.47. The third-order valence-electron chi connectivity index (χ3n) is 6.06. The molecule has 31 heavy (non-hydrogen) atoms. The number of hydrogen-bond donors (Lipinski definition) is 0. The van der Waals surface area contributed by atoms with Gasteiger partial charge in [-0.1, -0.05) is 48.5 Å². The van der Waals surface area contributed by atoms with Crippen LogP contribution in [-0.2, 0) is 0 Å². The molecule has 0 spiro atoms. The average Bonchev–Trinajstić information content (AvgIpc) is 2.77. The second-order valence-electron chi connectivity index (χ2n) is 8.85. The van der Waals surface area contributed by atoms with Gasteiger partial charge in [-0.2, -0.15) is 0 Å². The van der Waals surface area contributed by atoms with Crippen LogP contribution in [0.5, 0.6) is 0 Å². The van der Waals surface area contributed by atoms with Gasteiger partial charge >= 0.3 is 0 Å². The first-order valence-electron chi connectivity index (χ1n) is 10.8. The fraction of sp³-hybridized carbons (Fsp3) is 0.250. The number of anilines is 2. The van der Waals surface area contributed by atoms with E-state index in [1.165, 1.54) is 44.8 Å². The van der Waals surface area contributed by atoms with Crippen LogP contribution in [0.4, 0.5) is 11.4 Å². The molecule has 0 amide bonds. The van der Waals surface area contributed by atoms with Crippen molar-refractivity contribution in [2.24, 2.45) is 0 Å². The molecule has 0 saturated carbocycles. The van der Waals surface area contributed by atoms with Crippen LogP contribution in [0, 0.1) is 6.42 Å². The molecule has 0 bridgehead atoms. The molecule has 1 aliphatic carbocycles. The minimum Gasteiger partial charge on any atom is -0.378 e. The fourth-order valence-electron chi connectivity index (χ4n) is 4.39. The van der Waals surface area contributed by atoms with Gasteiger partial charge in [0, 0.05) is 46.0 Å². The lowest BCUT2D eigenvalue weighted by Crippen LogP contribution is -2.26. The number of benzene rings is 3. The predicted octanol–water partition coefficient (Wildman–Crippen LogP) is 5.60. The normalized spacial score (nSPS) is 15.8. The summed E-state index contributed by atoms with van der Waals surface area (Å²) in [6.45, 7) is 0. The highest BCUT2D eigenvalue weighted by molar-refractivity contribution is 6.00. The molecule has 159 valence electrons. The summed E-state index contributed by atoms with van der Waals surface area (Å²) in [6, 6.07) is 26.8. The van der Waals surface area contributed by atoms with Crippen molar-refractivity contribution in [3.63, 3.8) is 0 Å². The third-order valence-corrected chi connectivity index (χ3v) is 6.06. The average molecular weight is 411 g/mol. The maximum Gasteiger partial charge on any atom is 0.0608 e. The maximum atomic E-state index is 2.36. The van der Waals surface area contributed by atoms with E-state index < -0.39 is 0 Å². The van der Waals surface area contributed by atoms with E-state index in [0.29, 0.717) is 0 Å². The molecule has 1 unspecified atom stereocenters. The molecule has 0 aliphatic heterocycles. The Morgan fingerprint density at radius 1 is 0.581 bits per heavy atom. The summed E-state index contributed by atoms with van der Waals surface area (Å²) in [5.41, 5.74) is 10.2. The Morgan fingerprint density at radius 3 is 1.61 bits per heavy atom. The van der Waals surface area contributed by atoms with Crippen molar-refractivity contribution < 1.29 is 0 Å². The predicted molar refractivity (Wildman–Crippen MR) is 135 cm³/mol. The molecule has 1 aliphatic rings. The Balaban J connectivity index is 1.92. The number of likely N-dealkylation sites (N-methyl/N-ethyl adjacent to an activating group) is 1. The summed E-state index contributed by atoms with van der Waals surface area (Å²) in [6.07, 6.45) is 2.36. The molecule has 1 radical (unpaired) electrons. The quantitative estimate of drug-likeness (QED) is 0.542. The van der Waals surface area contributed by atoms with Crippen LogP contribution in [-0.4, -0.2) is 47.2 Å². The van der Waals surface area contributed by atoms with E-state index in [2.05, 4.69) is 136 Å². The lowest BCUT2D eigenvalue weighted by atomic mass is 9.76. The van der Waals surface area contributed by atoms with Gasteiger partial charge in [-0.05, 0) is 71.8 Å². The first-order valence-corrected chi connectivity index (χ1v) is 10.8. The molecule has 3 aromatic carbocycles. The highest BCUT2D eigenvalue weighted by atomic mass is 15.1. The van der Waals surface area contributed by atoms with E-state index in [1.54, 1.807) is 0 Å². The van der Waals surface area contributed by atoms with E-state index >= 15 is 0 Å². The molecule has 3 nitrogen and oxygen atoms in total. The lowest BCUT2D eigenvalue weighted by Gasteiger charge is -2.36. The summed E-state index contributed by atoms with van der Waals surface area (Å²) in [4.78, 5) is 6.61. The zero-order valence-corrected chi connectivity index (χ0v) is 19.4. The van der Waals surface area contributed by atoms with Crippen LogP contribution in [0.15, 0.2) is 72.8 Å². The molecule has 0 fully saturated rings. The van der Waals surface area contributed by atoms with E-state index in [0.717, 1.165) is 0 Å². The summed E-state index contributed by atoms with van der Waals surface area (Å²) >= 11 is 0. The first-order chi connectivity index (χ1) is 14.9. The lowest BCUT2D eigenvalue weighted by molar-refractivity contribution is 0.359. The standard InChI is InChI=1S/C28H32N3/c1-29(2)23-15-11-20(12-16-23)26-19-22-9-7-8-10-25(22)28(31(5)6)27(26)21-13-17-24(18-14-21)30(3)4/h7-19,28H,1-6H3. The summed E-state index contributed by atoms with van der Waals surface area (Å²) < 4.78 is 0. The van der Waals surface area contributed by atoms with Gasteiger partial charge in [0.25, 0.3) is 0 Å². The monoisotopic (exact) mass is 410 g/mol. The molecular weight excluding hydrogens is 378 g/mol. The molecule has 0 N–H and O–H groups in total. The van der Waals surface area contributed by atoms with Crippen molar-refractivity contribution in [2.45, 2.75) is 6.04 Å². The van der Waals surface area contributed by atoms with Gasteiger partial charge in [-0.25, -0.2) is 0 Å². The minimum atomic E-state index is 0.190. The second-order valence-corrected chi connectivity index (χ2v) is 8.85. The molecule has 0 aromatic heterocycles. The number of rotatable bonds is 5. The Bertz CT molecular complexity index is 1070. The number of allylic oxidation sites excluding steroid dienone is 1. The molecule has 0 saturated heterocycles. The Labute approximate surface area is 187 Å². The van der Waals surface area contributed by atoms with E-state index in [4.69, 9.17) is 0 Å². The molecular formula is C28H32N3. The van der Waals surface area contributed by atoms with Crippen molar-refractivity contribution in [1.29, 1.82) is 0 Å². The molecule has 3 heteroatoms. The minimum absolute atomic E-state index is 0.190. The Morgan fingerprint density at radius 2 is 1.10 bits per heavy atom. The van der Waals surface area contributed by atoms with Crippen LogP contribution in [0.1, 0.15) is 28.3 Å². The maximum absolute atomic E-state index is 2.36. The van der Waals surface area contributed by atoms with Crippen molar-refractivity contribution in [2.75, 3.05) is 52.1 Å². The van der Waals surface area contributed by atoms with Crippen molar-refractivity contribution >= 4 is 22.5 Å². The van der Waals surface area contributed by atoms with E-state index in [9.17, 15) is 0 Å². The van der Waals surface area contributed by atoms with Gasteiger partial charge in [-0.15, -0.1) is 0 Å². The molecule has 0 heterocycles. The van der Waals surface area contributed by atoms with Gasteiger partial charge in [-0.3, -0.25) is 4.90 Å². The Kier molecular flexibility index (Phi) is 5.88. The van der Waals surface area contributed by atoms with Crippen molar-refractivity contribution in [3.8, 4) is 0 Å². The zero-order valence-electron chi connectivity index (χ0n) is 19.4. The SMILES string of the molecule is CN(C)c1ccc(C2=C(c3ccc(N(C)C)cc3)C(N(C)C)c3ccccc3[CH]2)cc1. The smallest absolute Gasteiger partial charge is 0.0608 e. The van der Waals surface area contributed by atoms with Gasteiger partial charge < -0.3 is 9.80 Å². The van der Waals surface area contributed by atoms with Crippen LogP contribution in [0.2, 0.25) is 0 Å². The van der Waals surface area contributed by atoms with Gasteiger partial charge in [0.05, 0.1) is 6.04 Å². The highest BCUT2D eigenvalue weighted by Gasteiger charge is 2.31. The zero-order chi connectivity index (χ0) is 22.1. The number of hydrogen-bond acceptors (Lipinski definition) is 3. The molecule has 3 aromatic rings. The van der Waals surface area contributed by atoms with Crippen LogP contribution in [0.25, 0.3) is 11.1 Å². The first kappa shape index (κ1) is 21.2. The van der Waals surface area contributed by atoms with Gasteiger partial charge in [0.15, 0.2) is 0 Å². The molecule has 4 rings (SSSR count). The van der Waals surface area contributed by atoms with Gasteiger partial charge in [0.1, 0.15) is 0 Å². The van der Waals surface area contributed by atoms with Crippen molar-refractivity contribution in [1.82, 2.24) is 4.90 Å². The van der Waals surface area contributed by atoms with Crippen LogP contribution < -0.4 is 9.80 Å². The van der Waals surface area contributed by atoms with E-state index in [1.807, 2.05) is 0 Å². The number of nitrogens with zero attached hydrogens (tertiary/aromatic N) is 3. The summed E-state index contributed by atoms with van der Waals surface area (Å²) in [7, 11) is 12.7. The largest absolute Gasteiger partial charge is 0.378 e. The third kappa shape index (κ3) is 4.11. The van der Waals surface area contributed by atoms with E-state index in [-0.39, 0.29) is 6.04 Å². The van der Waals surface area contributed by atoms with Crippen LogP contribution in [0.3, 0.4) is 0 Å². The summed E-state index contributed by atoms with van der Waals surface area (Å²) in [5, 5.41) is 0. The van der Waals surface area contributed by atoms with Crippen molar-refractivity contribution in [3.05, 3.63) is 101 Å². The number of fused-ring (bicyclic) bond motifs is 1. The van der Waals surface area contributed by atoms with Gasteiger partial charge in [0.2, 0.25) is 0 Å². The fourth-order valence-corrected chi connectivity index (χ4v) is 4.39. The van der Waals surface area contributed by atoms with Crippen LogP contribution >= 0.6 is 0 Å². The Hall–Kier alpha value is -3.04. The summed E-state index contributed by atoms with van der Waals surface area (Å²) in [5.74, 6) is 0. The second kappa shape index (κ2) is 8.60. The molecule has 1 atom stereocenters. The topological polar surface area (TPSA) is 9.72 Å².